The third kappa shape index (κ3) is 5.18. The van der Waals surface area contributed by atoms with Crippen molar-refractivity contribution in [2.24, 2.45) is 0 Å². The predicted octanol–water partition coefficient (Wildman–Crippen LogP) is 3.55. The second-order valence-corrected chi connectivity index (χ2v) is 9.91. The van der Waals surface area contributed by atoms with Crippen molar-refractivity contribution in [3.05, 3.63) is 64.4 Å². The van der Waals surface area contributed by atoms with Gasteiger partial charge in [-0.05, 0) is 48.7 Å². The minimum absolute atomic E-state index is 0.0380. The molecule has 6 nitrogen and oxygen atoms in total. The second kappa shape index (κ2) is 9.43. The molecule has 9 heteroatoms. The molecule has 30 heavy (non-hydrogen) atoms. The van der Waals surface area contributed by atoms with E-state index in [4.69, 9.17) is 16.3 Å². The van der Waals surface area contributed by atoms with Crippen LogP contribution in [0.2, 0.25) is 5.02 Å². The highest BCUT2D eigenvalue weighted by atomic mass is 35.5. The molecule has 1 aliphatic heterocycles. The lowest BCUT2D eigenvalue weighted by atomic mass is 10.1. The predicted molar refractivity (Wildman–Crippen MR) is 112 cm³/mol. The van der Waals surface area contributed by atoms with Crippen LogP contribution in [0, 0.1) is 5.82 Å². The first-order valence-corrected chi connectivity index (χ1v) is 11.4. The van der Waals surface area contributed by atoms with E-state index in [2.05, 4.69) is 0 Å². The molecule has 0 spiro atoms. The van der Waals surface area contributed by atoms with Crippen molar-refractivity contribution in [2.75, 3.05) is 27.2 Å². The third-order valence-electron chi connectivity index (χ3n) is 4.93. The smallest absolute Gasteiger partial charge is 0.254 e. The summed E-state index contributed by atoms with van der Waals surface area (Å²) in [5.41, 5.74) is 0.825. The first-order chi connectivity index (χ1) is 14.2. The van der Waals surface area contributed by atoms with Gasteiger partial charge in [0, 0.05) is 39.4 Å². The molecule has 3 rings (SSSR count). The number of hydrogen-bond donors (Lipinski definition) is 0. The monoisotopic (exact) mass is 454 g/mol. The van der Waals surface area contributed by atoms with Gasteiger partial charge in [0.15, 0.2) is 0 Å². The Morgan fingerprint density at radius 3 is 2.63 bits per heavy atom. The maximum atomic E-state index is 13.6. The maximum absolute atomic E-state index is 13.6. The minimum Gasteiger partial charge on any atom is -0.376 e. The minimum atomic E-state index is -3.82. The van der Waals surface area contributed by atoms with Crippen LogP contribution in [0.4, 0.5) is 4.39 Å². The normalized spacial score (nSPS) is 16.8. The summed E-state index contributed by atoms with van der Waals surface area (Å²) >= 11 is 6.10. The van der Waals surface area contributed by atoms with E-state index in [0.29, 0.717) is 18.7 Å². The summed E-state index contributed by atoms with van der Waals surface area (Å²) in [6.45, 7) is 1.14. The largest absolute Gasteiger partial charge is 0.376 e. The van der Waals surface area contributed by atoms with Crippen LogP contribution in [-0.2, 0) is 21.3 Å². The van der Waals surface area contributed by atoms with Gasteiger partial charge in [0.05, 0.1) is 11.1 Å². The Hall–Kier alpha value is -2.00. The molecule has 1 amide bonds. The summed E-state index contributed by atoms with van der Waals surface area (Å²) in [7, 11) is -1.03. The summed E-state index contributed by atoms with van der Waals surface area (Å²) in [4.78, 5) is 14.7. The van der Waals surface area contributed by atoms with Crippen LogP contribution in [0.5, 0.6) is 0 Å². The molecule has 162 valence electrons. The van der Waals surface area contributed by atoms with Gasteiger partial charge in [0.1, 0.15) is 10.7 Å². The molecule has 1 fully saturated rings. The molecule has 1 saturated heterocycles. The lowest BCUT2D eigenvalue weighted by Crippen LogP contribution is -2.37. The van der Waals surface area contributed by atoms with E-state index in [9.17, 15) is 17.6 Å². The fourth-order valence-electron chi connectivity index (χ4n) is 3.32. The summed E-state index contributed by atoms with van der Waals surface area (Å²) in [5, 5.41) is 0.0380. The maximum Gasteiger partial charge on any atom is 0.254 e. The number of hydrogen-bond acceptors (Lipinski definition) is 4. The van der Waals surface area contributed by atoms with E-state index in [1.54, 1.807) is 17.0 Å². The van der Waals surface area contributed by atoms with Gasteiger partial charge in [-0.25, -0.2) is 17.1 Å². The standard InChI is InChI=1S/C21H24ClFN2O4S/c1-24(2)30(27,28)20-12-16(8-9-19(20)22)21(26)25(14-18-7-4-10-29-18)13-15-5-3-6-17(23)11-15/h3,5-6,8-9,11-12,18H,4,7,10,13-14H2,1-2H3. The molecular weight excluding hydrogens is 431 g/mol. The number of ether oxygens (including phenoxy) is 1. The number of halogens is 2. The molecule has 0 aliphatic carbocycles. The molecule has 0 bridgehead atoms. The van der Waals surface area contributed by atoms with Crippen molar-refractivity contribution < 1.29 is 22.3 Å². The number of nitrogens with zero attached hydrogens (tertiary/aromatic N) is 2. The second-order valence-electron chi connectivity index (χ2n) is 7.38. The molecule has 0 saturated carbocycles. The van der Waals surface area contributed by atoms with Crippen molar-refractivity contribution in [2.45, 2.75) is 30.4 Å². The van der Waals surface area contributed by atoms with Crippen molar-refractivity contribution >= 4 is 27.5 Å². The molecule has 1 unspecified atom stereocenters. The Kier molecular flexibility index (Phi) is 7.13. The molecule has 0 aromatic heterocycles. The molecule has 1 heterocycles. The average molecular weight is 455 g/mol. The zero-order valence-electron chi connectivity index (χ0n) is 16.8. The van der Waals surface area contributed by atoms with Crippen LogP contribution in [0.1, 0.15) is 28.8 Å². The van der Waals surface area contributed by atoms with E-state index in [-0.39, 0.29) is 39.9 Å². The molecule has 2 aromatic rings. The highest BCUT2D eigenvalue weighted by Crippen LogP contribution is 2.26. The van der Waals surface area contributed by atoms with E-state index in [0.717, 1.165) is 17.1 Å². The fourth-order valence-corrected chi connectivity index (χ4v) is 4.72. The van der Waals surface area contributed by atoms with Crippen LogP contribution in [0.15, 0.2) is 47.4 Å². The van der Waals surface area contributed by atoms with Crippen LogP contribution in [0.3, 0.4) is 0 Å². The number of carbonyl (C=O) groups excluding carboxylic acids is 1. The molecular formula is C21H24ClFN2O4S. The Labute approximate surface area is 181 Å². The molecule has 0 N–H and O–H groups in total. The van der Waals surface area contributed by atoms with Crippen LogP contribution < -0.4 is 0 Å². The topological polar surface area (TPSA) is 66.9 Å². The lowest BCUT2D eigenvalue weighted by molar-refractivity contribution is 0.0507. The van der Waals surface area contributed by atoms with Crippen molar-refractivity contribution in [1.29, 1.82) is 0 Å². The summed E-state index contributed by atoms with van der Waals surface area (Å²) < 4.78 is 45.5. The summed E-state index contributed by atoms with van der Waals surface area (Å²) in [6.07, 6.45) is 1.63. The Balaban J connectivity index is 1.93. The van der Waals surface area contributed by atoms with Gasteiger partial charge in [-0.15, -0.1) is 0 Å². The summed E-state index contributed by atoms with van der Waals surface area (Å²) in [6, 6.07) is 10.2. The van der Waals surface area contributed by atoms with Gasteiger partial charge in [0.25, 0.3) is 5.91 Å². The molecule has 1 aliphatic rings. The Morgan fingerprint density at radius 1 is 1.23 bits per heavy atom. The highest BCUT2D eigenvalue weighted by Gasteiger charge is 2.27. The fraction of sp³-hybridized carbons (Fsp3) is 0.381. The van der Waals surface area contributed by atoms with Crippen molar-refractivity contribution in [3.63, 3.8) is 0 Å². The van der Waals surface area contributed by atoms with Crippen LogP contribution in [-0.4, -0.2) is 56.9 Å². The number of amides is 1. The van der Waals surface area contributed by atoms with E-state index < -0.39 is 10.0 Å². The lowest BCUT2D eigenvalue weighted by Gasteiger charge is -2.26. The first-order valence-electron chi connectivity index (χ1n) is 9.56. The first kappa shape index (κ1) is 22.7. The number of sulfonamides is 1. The van der Waals surface area contributed by atoms with Gasteiger partial charge in [-0.3, -0.25) is 4.79 Å². The van der Waals surface area contributed by atoms with E-state index in [1.807, 2.05) is 0 Å². The molecule has 2 aromatic carbocycles. The SMILES string of the molecule is CN(C)S(=O)(=O)c1cc(C(=O)N(Cc2cccc(F)c2)CC2CCCO2)ccc1Cl. The van der Waals surface area contributed by atoms with Crippen LogP contribution in [0.25, 0.3) is 0 Å². The van der Waals surface area contributed by atoms with Crippen molar-refractivity contribution in [1.82, 2.24) is 9.21 Å². The zero-order chi connectivity index (χ0) is 21.9. The van der Waals surface area contributed by atoms with Gasteiger partial charge >= 0.3 is 0 Å². The van der Waals surface area contributed by atoms with Gasteiger partial charge in [0.2, 0.25) is 10.0 Å². The summed E-state index contributed by atoms with van der Waals surface area (Å²) in [5.74, 6) is -0.760. The third-order valence-corrected chi connectivity index (χ3v) is 7.23. The van der Waals surface area contributed by atoms with Crippen molar-refractivity contribution in [3.8, 4) is 0 Å². The zero-order valence-corrected chi connectivity index (χ0v) is 18.4. The quantitative estimate of drug-likeness (QED) is 0.641. The molecule has 0 radical (unpaired) electrons. The van der Waals surface area contributed by atoms with E-state index in [1.165, 1.54) is 44.4 Å². The molecule has 1 atom stereocenters. The number of rotatable bonds is 7. The average Bonchev–Trinajstić information content (AvgIpc) is 3.20. The number of benzene rings is 2. The highest BCUT2D eigenvalue weighted by molar-refractivity contribution is 7.89. The van der Waals surface area contributed by atoms with E-state index >= 15 is 0 Å². The van der Waals surface area contributed by atoms with Gasteiger partial charge < -0.3 is 9.64 Å². The Morgan fingerprint density at radius 2 is 2.00 bits per heavy atom. The number of carbonyl (C=O) groups is 1. The van der Waals surface area contributed by atoms with Crippen LogP contribution >= 0.6 is 11.6 Å². The Bertz CT molecular complexity index is 1020. The van der Waals surface area contributed by atoms with Gasteiger partial charge in [-0.2, -0.15) is 0 Å². The van der Waals surface area contributed by atoms with Gasteiger partial charge in [-0.1, -0.05) is 23.7 Å².